The second-order valence-corrected chi connectivity index (χ2v) is 3.61. The minimum atomic E-state index is -0.188. The van der Waals surface area contributed by atoms with Crippen LogP contribution in [-0.4, -0.2) is 17.1 Å². The van der Waals surface area contributed by atoms with Gasteiger partial charge in [-0.25, -0.2) is 4.79 Å². The molecule has 0 aromatic carbocycles. The summed E-state index contributed by atoms with van der Waals surface area (Å²) in [5, 5.41) is 0. The lowest BCUT2D eigenvalue weighted by atomic mass is 10.2. The summed E-state index contributed by atoms with van der Waals surface area (Å²) >= 11 is 0. The molecule has 3 nitrogen and oxygen atoms in total. The summed E-state index contributed by atoms with van der Waals surface area (Å²) in [6.45, 7) is 5.30. The highest BCUT2D eigenvalue weighted by molar-refractivity contribution is 5.91. The molecule has 0 aliphatic carbocycles. The largest absolute Gasteiger partial charge is 0.462 e. The summed E-state index contributed by atoms with van der Waals surface area (Å²) in [5.74, 6) is -0.188. The summed E-state index contributed by atoms with van der Waals surface area (Å²) in [5.41, 5.74) is 3.06. The minimum Gasteiger partial charge on any atom is -0.462 e. The molecule has 0 unspecified atom stereocenters. The Morgan fingerprint density at radius 1 is 1.64 bits per heavy atom. The molecule has 2 heterocycles. The Hall–Kier alpha value is -1.25. The maximum atomic E-state index is 11.5. The molecular formula is C11H15NO2. The average molecular weight is 193 g/mol. The smallest absolute Gasteiger partial charge is 0.339 e. The lowest BCUT2D eigenvalue weighted by Gasteiger charge is -2.03. The van der Waals surface area contributed by atoms with Crippen molar-refractivity contribution in [2.45, 2.75) is 33.2 Å². The van der Waals surface area contributed by atoms with E-state index >= 15 is 0 Å². The van der Waals surface area contributed by atoms with E-state index in [1.807, 2.05) is 19.9 Å². The Morgan fingerprint density at radius 2 is 2.43 bits per heavy atom. The molecule has 2 rings (SSSR count). The normalized spacial score (nSPS) is 14.1. The van der Waals surface area contributed by atoms with E-state index < -0.39 is 0 Å². The van der Waals surface area contributed by atoms with E-state index in [0.717, 1.165) is 24.2 Å². The van der Waals surface area contributed by atoms with Crippen LogP contribution < -0.4 is 0 Å². The third kappa shape index (κ3) is 1.33. The van der Waals surface area contributed by atoms with Gasteiger partial charge in [-0.2, -0.15) is 0 Å². The van der Waals surface area contributed by atoms with E-state index in [0.29, 0.717) is 6.61 Å². The van der Waals surface area contributed by atoms with Gasteiger partial charge in [0.05, 0.1) is 12.2 Å². The van der Waals surface area contributed by atoms with Crippen molar-refractivity contribution in [3.63, 3.8) is 0 Å². The summed E-state index contributed by atoms with van der Waals surface area (Å²) in [6, 6.07) is 1.97. The fourth-order valence-electron chi connectivity index (χ4n) is 2.06. The molecule has 0 spiro atoms. The van der Waals surface area contributed by atoms with Gasteiger partial charge in [-0.3, -0.25) is 0 Å². The first-order valence-electron chi connectivity index (χ1n) is 5.10. The van der Waals surface area contributed by atoms with E-state index in [-0.39, 0.29) is 5.97 Å². The van der Waals surface area contributed by atoms with Crippen molar-refractivity contribution in [3.05, 3.63) is 23.0 Å². The van der Waals surface area contributed by atoms with Crippen LogP contribution in [0.4, 0.5) is 0 Å². The number of aryl methyl sites for hydroxylation is 1. The molecule has 1 aliphatic rings. The zero-order valence-electron chi connectivity index (χ0n) is 8.67. The predicted octanol–water partition coefficient (Wildman–Crippen LogP) is 1.92. The molecule has 0 bridgehead atoms. The number of fused-ring (bicyclic) bond motifs is 1. The fourth-order valence-corrected chi connectivity index (χ4v) is 2.06. The van der Waals surface area contributed by atoms with E-state index in [1.165, 1.54) is 12.1 Å². The van der Waals surface area contributed by atoms with Crippen LogP contribution in [-0.2, 0) is 17.7 Å². The molecule has 14 heavy (non-hydrogen) atoms. The fraction of sp³-hybridized carbons (Fsp3) is 0.545. The minimum absolute atomic E-state index is 0.188. The number of carbonyl (C=O) groups excluding carboxylic acids is 1. The van der Waals surface area contributed by atoms with E-state index in [4.69, 9.17) is 4.74 Å². The van der Waals surface area contributed by atoms with Gasteiger partial charge in [-0.05, 0) is 32.8 Å². The zero-order chi connectivity index (χ0) is 10.1. The maximum absolute atomic E-state index is 11.5. The lowest BCUT2D eigenvalue weighted by Crippen LogP contribution is -2.06. The van der Waals surface area contributed by atoms with Gasteiger partial charge in [0.2, 0.25) is 0 Å². The highest BCUT2D eigenvalue weighted by atomic mass is 16.5. The Labute approximate surface area is 83.7 Å². The molecule has 0 fully saturated rings. The first-order valence-corrected chi connectivity index (χ1v) is 5.10. The van der Waals surface area contributed by atoms with Gasteiger partial charge in [0, 0.05) is 17.9 Å². The van der Waals surface area contributed by atoms with Crippen LogP contribution in [0.5, 0.6) is 0 Å². The third-order valence-corrected chi connectivity index (χ3v) is 2.76. The Morgan fingerprint density at radius 3 is 3.07 bits per heavy atom. The topological polar surface area (TPSA) is 31.2 Å². The molecule has 1 aromatic heterocycles. The molecule has 1 aliphatic heterocycles. The van der Waals surface area contributed by atoms with Gasteiger partial charge in [-0.15, -0.1) is 0 Å². The van der Waals surface area contributed by atoms with Crippen LogP contribution in [0, 0.1) is 6.92 Å². The van der Waals surface area contributed by atoms with Crippen molar-refractivity contribution in [1.82, 2.24) is 4.57 Å². The van der Waals surface area contributed by atoms with Crippen molar-refractivity contribution in [2.24, 2.45) is 0 Å². The number of carbonyl (C=O) groups is 1. The Balaban J connectivity index is 2.32. The van der Waals surface area contributed by atoms with Crippen molar-refractivity contribution in [1.29, 1.82) is 0 Å². The molecule has 1 aromatic rings. The first kappa shape index (κ1) is 9.31. The van der Waals surface area contributed by atoms with Crippen molar-refractivity contribution >= 4 is 5.97 Å². The van der Waals surface area contributed by atoms with Crippen molar-refractivity contribution < 1.29 is 9.53 Å². The van der Waals surface area contributed by atoms with Crippen LogP contribution >= 0.6 is 0 Å². The summed E-state index contributed by atoms with van der Waals surface area (Å²) in [4.78, 5) is 11.5. The van der Waals surface area contributed by atoms with Gasteiger partial charge >= 0.3 is 5.97 Å². The number of aromatic nitrogens is 1. The number of esters is 1. The standard InChI is InChI=1S/C11H15NO2/c1-3-14-11(13)10-7-9-5-4-6-12(9)8(10)2/h7H,3-6H2,1-2H3. The van der Waals surface area contributed by atoms with Crippen LogP contribution in [0.3, 0.4) is 0 Å². The second-order valence-electron chi connectivity index (χ2n) is 3.61. The molecule has 76 valence electrons. The van der Waals surface area contributed by atoms with E-state index in [1.54, 1.807) is 0 Å². The van der Waals surface area contributed by atoms with Gasteiger partial charge in [0.1, 0.15) is 0 Å². The highest BCUT2D eigenvalue weighted by Crippen LogP contribution is 2.23. The molecule has 0 saturated heterocycles. The molecule has 3 heteroatoms. The molecule has 0 N–H and O–H groups in total. The SMILES string of the molecule is CCOC(=O)c1cc2n(c1C)CCC2. The quantitative estimate of drug-likeness (QED) is 0.672. The summed E-state index contributed by atoms with van der Waals surface area (Å²) in [7, 11) is 0. The van der Waals surface area contributed by atoms with E-state index in [9.17, 15) is 4.79 Å². The number of hydrogen-bond donors (Lipinski definition) is 0. The van der Waals surface area contributed by atoms with Crippen LogP contribution in [0.25, 0.3) is 0 Å². The van der Waals surface area contributed by atoms with Gasteiger partial charge in [-0.1, -0.05) is 0 Å². The molecule has 0 saturated carbocycles. The zero-order valence-corrected chi connectivity index (χ0v) is 8.67. The number of ether oxygens (including phenoxy) is 1. The van der Waals surface area contributed by atoms with Crippen molar-refractivity contribution in [2.75, 3.05) is 6.61 Å². The molecule has 0 amide bonds. The maximum Gasteiger partial charge on any atom is 0.339 e. The Bertz CT molecular complexity index is 366. The third-order valence-electron chi connectivity index (χ3n) is 2.76. The lowest BCUT2D eigenvalue weighted by molar-refractivity contribution is 0.0525. The molecule has 0 radical (unpaired) electrons. The van der Waals surface area contributed by atoms with Crippen LogP contribution in [0.1, 0.15) is 35.1 Å². The molecule has 0 atom stereocenters. The number of hydrogen-bond acceptors (Lipinski definition) is 2. The number of rotatable bonds is 2. The second kappa shape index (κ2) is 3.48. The van der Waals surface area contributed by atoms with E-state index in [2.05, 4.69) is 4.57 Å². The monoisotopic (exact) mass is 193 g/mol. The number of nitrogens with zero attached hydrogens (tertiary/aromatic N) is 1. The summed E-state index contributed by atoms with van der Waals surface area (Å²) in [6.07, 6.45) is 2.28. The van der Waals surface area contributed by atoms with Crippen molar-refractivity contribution in [3.8, 4) is 0 Å². The summed E-state index contributed by atoms with van der Waals surface area (Å²) < 4.78 is 7.21. The average Bonchev–Trinajstić information content (AvgIpc) is 2.69. The Kier molecular flexibility index (Phi) is 2.32. The van der Waals surface area contributed by atoms with Gasteiger partial charge in [0.15, 0.2) is 0 Å². The van der Waals surface area contributed by atoms with Crippen LogP contribution in [0.15, 0.2) is 6.07 Å². The first-order chi connectivity index (χ1) is 6.74. The van der Waals surface area contributed by atoms with Gasteiger partial charge in [0.25, 0.3) is 0 Å². The highest BCUT2D eigenvalue weighted by Gasteiger charge is 2.20. The predicted molar refractivity (Wildman–Crippen MR) is 53.4 cm³/mol. The van der Waals surface area contributed by atoms with Gasteiger partial charge < -0.3 is 9.30 Å². The molecular weight excluding hydrogens is 178 g/mol. The van der Waals surface area contributed by atoms with Crippen LogP contribution in [0.2, 0.25) is 0 Å².